The van der Waals surface area contributed by atoms with Gasteiger partial charge in [-0.15, -0.1) is 0 Å². The monoisotopic (exact) mass is 345 g/mol. The summed E-state index contributed by atoms with van der Waals surface area (Å²) in [6, 6.07) is 18.3. The van der Waals surface area contributed by atoms with Crippen LogP contribution in [0.15, 0.2) is 53.0 Å². The normalized spacial score (nSPS) is 13.9. The van der Waals surface area contributed by atoms with Crippen molar-refractivity contribution < 1.29 is 0 Å². The van der Waals surface area contributed by atoms with Crippen LogP contribution in [0.5, 0.6) is 0 Å². The average Bonchev–Trinajstić information content (AvgIpc) is 2.53. The van der Waals surface area contributed by atoms with Gasteiger partial charge in [-0.3, -0.25) is 0 Å². The van der Waals surface area contributed by atoms with Crippen LogP contribution in [0.4, 0.5) is 0 Å². The van der Waals surface area contributed by atoms with Crippen LogP contribution >= 0.6 is 15.9 Å². The molecule has 0 heterocycles. The molecule has 0 spiro atoms. The molecule has 2 aromatic rings. The van der Waals surface area contributed by atoms with Gasteiger partial charge in [0.1, 0.15) is 0 Å². The maximum atomic E-state index is 3.74. The lowest BCUT2D eigenvalue weighted by molar-refractivity contribution is 0.456. The smallest absolute Gasteiger partial charge is 0.0323 e. The Balaban J connectivity index is 2.08. The predicted molar refractivity (Wildman–Crippen MR) is 94.5 cm³/mol. The molecule has 2 atom stereocenters. The minimum atomic E-state index is 0.342. The zero-order valence-corrected chi connectivity index (χ0v) is 14.7. The molecule has 0 aliphatic heterocycles. The SMILES string of the molecule is CCc1ccc(C(CC)N[C@@H](C)c2ccc(Br)cc2)cc1. The van der Waals surface area contributed by atoms with Gasteiger partial charge < -0.3 is 5.32 Å². The first-order chi connectivity index (χ1) is 10.1. The molecule has 2 rings (SSSR count). The van der Waals surface area contributed by atoms with Crippen LogP contribution in [-0.4, -0.2) is 0 Å². The summed E-state index contributed by atoms with van der Waals surface area (Å²) < 4.78 is 1.13. The van der Waals surface area contributed by atoms with E-state index in [0.717, 1.165) is 17.3 Å². The Kier molecular flexibility index (Phi) is 6.01. The Morgan fingerprint density at radius 3 is 2.00 bits per heavy atom. The van der Waals surface area contributed by atoms with Gasteiger partial charge in [0, 0.05) is 16.6 Å². The first-order valence-electron chi connectivity index (χ1n) is 7.74. The lowest BCUT2D eigenvalue weighted by atomic mass is 9.99. The van der Waals surface area contributed by atoms with Gasteiger partial charge in [-0.2, -0.15) is 0 Å². The quantitative estimate of drug-likeness (QED) is 0.696. The van der Waals surface area contributed by atoms with E-state index >= 15 is 0 Å². The number of hydrogen-bond donors (Lipinski definition) is 1. The molecule has 0 fully saturated rings. The van der Waals surface area contributed by atoms with Crippen molar-refractivity contribution in [2.45, 2.75) is 45.7 Å². The first kappa shape index (κ1) is 16.3. The fourth-order valence-electron chi connectivity index (χ4n) is 2.58. The van der Waals surface area contributed by atoms with E-state index in [1.165, 1.54) is 16.7 Å². The highest BCUT2D eigenvalue weighted by atomic mass is 79.9. The molecule has 1 nitrogen and oxygen atoms in total. The molecule has 0 saturated carbocycles. The number of benzene rings is 2. The van der Waals surface area contributed by atoms with Crippen molar-refractivity contribution >= 4 is 15.9 Å². The van der Waals surface area contributed by atoms with Gasteiger partial charge >= 0.3 is 0 Å². The van der Waals surface area contributed by atoms with Crippen LogP contribution in [0.1, 0.15) is 56.0 Å². The third kappa shape index (κ3) is 4.42. The van der Waals surface area contributed by atoms with Crippen LogP contribution in [0.25, 0.3) is 0 Å². The van der Waals surface area contributed by atoms with E-state index in [-0.39, 0.29) is 0 Å². The molecular formula is C19H24BrN. The zero-order valence-electron chi connectivity index (χ0n) is 13.1. The zero-order chi connectivity index (χ0) is 15.2. The Labute approximate surface area is 136 Å². The largest absolute Gasteiger partial charge is 0.303 e. The maximum Gasteiger partial charge on any atom is 0.0323 e. The summed E-state index contributed by atoms with van der Waals surface area (Å²) in [5.74, 6) is 0. The molecule has 0 radical (unpaired) electrons. The van der Waals surface area contributed by atoms with E-state index in [0.29, 0.717) is 12.1 Å². The molecule has 21 heavy (non-hydrogen) atoms. The summed E-state index contributed by atoms with van der Waals surface area (Å²) in [5, 5.41) is 3.74. The van der Waals surface area contributed by atoms with Crippen molar-refractivity contribution in [3.8, 4) is 0 Å². The van der Waals surface area contributed by atoms with Crippen molar-refractivity contribution in [2.24, 2.45) is 0 Å². The van der Waals surface area contributed by atoms with Gasteiger partial charge in [0.05, 0.1) is 0 Å². The Hall–Kier alpha value is -1.12. The van der Waals surface area contributed by atoms with Gasteiger partial charge in [-0.05, 0) is 48.6 Å². The lowest BCUT2D eigenvalue weighted by Gasteiger charge is -2.23. The summed E-state index contributed by atoms with van der Waals surface area (Å²) in [6.45, 7) is 6.66. The van der Waals surface area contributed by atoms with Crippen molar-refractivity contribution in [2.75, 3.05) is 0 Å². The van der Waals surface area contributed by atoms with Crippen molar-refractivity contribution in [3.05, 3.63) is 69.7 Å². The second-order valence-corrected chi connectivity index (χ2v) is 6.41. The predicted octanol–water partition coefficient (Wildman–Crippen LogP) is 5.81. The van der Waals surface area contributed by atoms with E-state index in [4.69, 9.17) is 0 Å². The maximum absolute atomic E-state index is 3.74. The van der Waals surface area contributed by atoms with Gasteiger partial charge in [-0.1, -0.05) is 66.2 Å². The van der Waals surface area contributed by atoms with Crippen LogP contribution in [0.3, 0.4) is 0 Å². The van der Waals surface area contributed by atoms with E-state index in [2.05, 4.69) is 90.5 Å². The minimum absolute atomic E-state index is 0.342. The highest BCUT2D eigenvalue weighted by Crippen LogP contribution is 2.23. The standard InChI is InChI=1S/C19H24BrN/c1-4-15-6-8-17(9-7-15)19(5-2)21-14(3)16-10-12-18(20)13-11-16/h6-14,19,21H,4-5H2,1-3H3/t14-,19?/m0/s1. The molecule has 0 aromatic heterocycles. The Bertz CT molecular complexity index is 545. The van der Waals surface area contributed by atoms with Gasteiger partial charge in [0.2, 0.25) is 0 Å². The van der Waals surface area contributed by atoms with Gasteiger partial charge in [0.15, 0.2) is 0 Å². The van der Waals surface area contributed by atoms with Crippen LogP contribution in [0.2, 0.25) is 0 Å². The highest BCUT2D eigenvalue weighted by Gasteiger charge is 2.13. The Morgan fingerprint density at radius 1 is 0.905 bits per heavy atom. The fraction of sp³-hybridized carbons (Fsp3) is 0.368. The number of nitrogens with one attached hydrogen (secondary N) is 1. The highest BCUT2D eigenvalue weighted by molar-refractivity contribution is 9.10. The summed E-state index contributed by atoms with van der Waals surface area (Å²) in [5.41, 5.74) is 4.09. The molecular weight excluding hydrogens is 322 g/mol. The van der Waals surface area contributed by atoms with E-state index in [1.807, 2.05) is 0 Å². The summed E-state index contributed by atoms with van der Waals surface area (Å²) in [6.07, 6.45) is 2.19. The average molecular weight is 346 g/mol. The van der Waals surface area contributed by atoms with Crippen LogP contribution in [-0.2, 0) is 6.42 Å². The number of rotatable bonds is 6. The molecule has 0 aliphatic rings. The number of aryl methyl sites for hydroxylation is 1. The third-order valence-corrected chi connectivity index (χ3v) is 4.55. The Morgan fingerprint density at radius 2 is 1.48 bits per heavy atom. The third-order valence-electron chi connectivity index (χ3n) is 4.02. The van der Waals surface area contributed by atoms with Crippen molar-refractivity contribution in [1.82, 2.24) is 5.32 Å². The second kappa shape index (κ2) is 7.77. The molecule has 0 saturated heterocycles. The summed E-state index contributed by atoms with van der Waals surface area (Å²) >= 11 is 3.49. The summed E-state index contributed by atoms with van der Waals surface area (Å²) in [7, 11) is 0. The van der Waals surface area contributed by atoms with Crippen molar-refractivity contribution in [1.29, 1.82) is 0 Å². The van der Waals surface area contributed by atoms with Crippen molar-refractivity contribution in [3.63, 3.8) is 0 Å². The lowest BCUT2D eigenvalue weighted by Crippen LogP contribution is -2.24. The second-order valence-electron chi connectivity index (χ2n) is 5.50. The molecule has 2 heteroatoms. The van der Waals surface area contributed by atoms with Gasteiger partial charge in [0.25, 0.3) is 0 Å². The number of halogens is 1. The first-order valence-corrected chi connectivity index (χ1v) is 8.53. The molecule has 1 unspecified atom stereocenters. The minimum Gasteiger partial charge on any atom is -0.303 e. The summed E-state index contributed by atoms with van der Waals surface area (Å²) in [4.78, 5) is 0. The van der Waals surface area contributed by atoms with Gasteiger partial charge in [-0.25, -0.2) is 0 Å². The molecule has 1 N–H and O–H groups in total. The number of hydrogen-bond acceptors (Lipinski definition) is 1. The molecule has 0 bridgehead atoms. The van der Waals surface area contributed by atoms with E-state index in [9.17, 15) is 0 Å². The molecule has 0 aliphatic carbocycles. The molecule has 2 aromatic carbocycles. The van der Waals surface area contributed by atoms with E-state index < -0.39 is 0 Å². The van der Waals surface area contributed by atoms with E-state index in [1.54, 1.807) is 0 Å². The molecule has 0 amide bonds. The topological polar surface area (TPSA) is 12.0 Å². The van der Waals surface area contributed by atoms with Crippen LogP contribution < -0.4 is 5.32 Å². The molecule has 112 valence electrons. The van der Waals surface area contributed by atoms with Crippen LogP contribution in [0, 0.1) is 0 Å². The fourth-order valence-corrected chi connectivity index (χ4v) is 2.85.